The lowest BCUT2D eigenvalue weighted by Crippen LogP contribution is -2.45. The Labute approximate surface area is 120 Å². The molecule has 0 aromatic rings. The molecule has 3 atom stereocenters. The van der Waals surface area contributed by atoms with E-state index in [1.54, 1.807) is 0 Å². The van der Waals surface area contributed by atoms with E-state index in [4.69, 9.17) is 0 Å². The highest BCUT2D eigenvalue weighted by molar-refractivity contribution is 7.99. The topological polar surface area (TPSA) is 32.3 Å². The minimum Gasteiger partial charge on any atom is -0.323 e. The Balaban J connectivity index is 1.78. The van der Waals surface area contributed by atoms with Crippen LogP contribution < -0.4 is 5.32 Å². The van der Waals surface area contributed by atoms with E-state index in [1.807, 2.05) is 11.8 Å². The Bertz CT molecular complexity index is 354. The summed E-state index contributed by atoms with van der Waals surface area (Å²) in [6.45, 7) is 2.20. The van der Waals surface area contributed by atoms with E-state index in [1.165, 1.54) is 32.1 Å². The standard InChI is InChI=1S/C15H26N2OS/c1-3-13-16-15(8-4-5-9-15)14(18)17(13)11-6-7-12(10-11)19-2/h11-13,16H,3-10H2,1-2H3. The van der Waals surface area contributed by atoms with Crippen LogP contribution in [0.2, 0.25) is 0 Å². The Kier molecular flexibility index (Phi) is 3.82. The summed E-state index contributed by atoms with van der Waals surface area (Å²) >= 11 is 1.97. The SMILES string of the molecule is CCC1NC2(CCCC2)C(=O)N1C1CCC(SC)C1. The van der Waals surface area contributed by atoms with Crippen LogP contribution in [0.25, 0.3) is 0 Å². The third-order valence-corrected chi connectivity index (χ3v) is 6.44. The van der Waals surface area contributed by atoms with Crippen LogP contribution in [-0.4, -0.2) is 40.1 Å². The van der Waals surface area contributed by atoms with E-state index in [-0.39, 0.29) is 11.7 Å². The van der Waals surface area contributed by atoms with E-state index in [9.17, 15) is 4.79 Å². The maximum Gasteiger partial charge on any atom is 0.244 e. The molecule has 0 bridgehead atoms. The number of thioether (sulfide) groups is 1. The Morgan fingerprint density at radius 1 is 1.37 bits per heavy atom. The van der Waals surface area contributed by atoms with Gasteiger partial charge in [-0.1, -0.05) is 19.8 Å². The van der Waals surface area contributed by atoms with Gasteiger partial charge >= 0.3 is 0 Å². The number of rotatable bonds is 3. The molecule has 19 heavy (non-hydrogen) atoms. The second kappa shape index (κ2) is 5.28. The maximum atomic E-state index is 12.9. The van der Waals surface area contributed by atoms with E-state index in [0.29, 0.717) is 11.9 Å². The lowest BCUT2D eigenvalue weighted by Gasteiger charge is -2.30. The molecule has 3 unspecified atom stereocenters. The molecule has 0 radical (unpaired) electrons. The van der Waals surface area contributed by atoms with Gasteiger partial charge in [-0.15, -0.1) is 0 Å². The number of nitrogens with one attached hydrogen (secondary N) is 1. The van der Waals surface area contributed by atoms with Crippen molar-refractivity contribution in [2.75, 3.05) is 6.26 Å². The molecule has 1 N–H and O–H groups in total. The zero-order valence-corrected chi connectivity index (χ0v) is 13.0. The Hall–Kier alpha value is -0.220. The monoisotopic (exact) mass is 282 g/mol. The highest BCUT2D eigenvalue weighted by Crippen LogP contribution is 2.41. The summed E-state index contributed by atoms with van der Waals surface area (Å²) in [5.74, 6) is 0.420. The number of hydrogen-bond acceptors (Lipinski definition) is 3. The molecule has 2 aliphatic carbocycles. The van der Waals surface area contributed by atoms with Gasteiger partial charge in [-0.2, -0.15) is 11.8 Å². The van der Waals surface area contributed by atoms with Crippen molar-refractivity contribution in [3.05, 3.63) is 0 Å². The molecule has 108 valence electrons. The van der Waals surface area contributed by atoms with E-state index < -0.39 is 0 Å². The fourth-order valence-electron chi connectivity index (χ4n) is 4.28. The minimum absolute atomic E-state index is 0.182. The fourth-order valence-corrected chi connectivity index (χ4v) is 5.07. The Morgan fingerprint density at radius 3 is 2.68 bits per heavy atom. The van der Waals surface area contributed by atoms with Gasteiger partial charge in [0.05, 0.1) is 11.7 Å². The third kappa shape index (κ3) is 2.21. The van der Waals surface area contributed by atoms with Crippen molar-refractivity contribution >= 4 is 17.7 Å². The average Bonchev–Trinajstić information content (AvgIpc) is 3.12. The summed E-state index contributed by atoms with van der Waals surface area (Å²) in [5.41, 5.74) is -0.182. The lowest BCUT2D eigenvalue weighted by molar-refractivity contribution is -0.135. The first-order valence-electron chi connectivity index (χ1n) is 7.83. The molecule has 3 fully saturated rings. The summed E-state index contributed by atoms with van der Waals surface area (Å²) in [4.78, 5) is 15.2. The van der Waals surface area contributed by atoms with Gasteiger partial charge < -0.3 is 4.90 Å². The van der Waals surface area contributed by atoms with Crippen molar-refractivity contribution in [1.82, 2.24) is 10.2 Å². The van der Waals surface area contributed by atoms with E-state index >= 15 is 0 Å². The van der Waals surface area contributed by atoms with Gasteiger partial charge in [0.25, 0.3) is 0 Å². The highest BCUT2D eigenvalue weighted by Gasteiger charge is 2.54. The van der Waals surface area contributed by atoms with Crippen LogP contribution in [-0.2, 0) is 4.79 Å². The van der Waals surface area contributed by atoms with Crippen molar-refractivity contribution in [2.24, 2.45) is 0 Å². The second-order valence-corrected chi connectivity index (χ2v) is 7.53. The quantitative estimate of drug-likeness (QED) is 0.864. The molecular formula is C15H26N2OS. The molecule has 3 aliphatic rings. The summed E-state index contributed by atoms with van der Waals surface area (Å²) in [7, 11) is 0. The van der Waals surface area contributed by atoms with Gasteiger partial charge in [-0.25, -0.2) is 0 Å². The Morgan fingerprint density at radius 2 is 2.11 bits per heavy atom. The fraction of sp³-hybridized carbons (Fsp3) is 0.933. The van der Waals surface area contributed by atoms with Crippen LogP contribution in [0, 0.1) is 0 Å². The first-order valence-corrected chi connectivity index (χ1v) is 9.12. The molecule has 0 aromatic carbocycles. The lowest BCUT2D eigenvalue weighted by atomic mass is 9.97. The van der Waals surface area contributed by atoms with Gasteiger partial charge in [-0.3, -0.25) is 10.1 Å². The molecule has 4 heteroatoms. The molecule has 1 amide bonds. The predicted octanol–water partition coefficient (Wildman–Crippen LogP) is 2.75. The van der Waals surface area contributed by atoms with Gasteiger partial charge in [0.15, 0.2) is 0 Å². The van der Waals surface area contributed by atoms with Crippen molar-refractivity contribution < 1.29 is 4.79 Å². The van der Waals surface area contributed by atoms with E-state index in [0.717, 1.165) is 24.5 Å². The summed E-state index contributed by atoms with van der Waals surface area (Å²) in [5, 5.41) is 4.45. The smallest absolute Gasteiger partial charge is 0.244 e. The van der Waals surface area contributed by atoms with Gasteiger partial charge in [-0.05, 0) is 44.8 Å². The highest BCUT2D eigenvalue weighted by atomic mass is 32.2. The molecule has 0 aromatic heterocycles. The van der Waals surface area contributed by atoms with Crippen LogP contribution in [0.1, 0.15) is 58.3 Å². The number of carbonyl (C=O) groups excluding carboxylic acids is 1. The van der Waals surface area contributed by atoms with Crippen LogP contribution in [0.3, 0.4) is 0 Å². The van der Waals surface area contributed by atoms with Gasteiger partial charge in [0, 0.05) is 11.3 Å². The first kappa shape index (κ1) is 13.7. The zero-order chi connectivity index (χ0) is 13.5. The predicted molar refractivity (Wildman–Crippen MR) is 80.2 cm³/mol. The summed E-state index contributed by atoms with van der Waals surface area (Å²) in [6.07, 6.45) is 11.7. The number of hydrogen-bond donors (Lipinski definition) is 1. The first-order chi connectivity index (χ1) is 9.20. The summed E-state index contributed by atoms with van der Waals surface area (Å²) in [6, 6.07) is 0.488. The average molecular weight is 282 g/mol. The summed E-state index contributed by atoms with van der Waals surface area (Å²) < 4.78 is 0. The van der Waals surface area contributed by atoms with Crippen LogP contribution in [0.5, 0.6) is 0 Å². The number of amides is 1. The van der Waals surface area contributed by atoms with Crippen LogP contribution in [0.4, 0.5) is 0 Å². The van der Waals surface area contributed by atoms with Gasteiger partial charge in [0.1, 0.15) is 0 Å². The zero-order valence-electron chi connectivity index (χ0n) is 12.2. The van der Waals surface area contributed by atoms with Crippen molar-refractivity contribution in [3.63, 3.8) is 0 Å². The molecule has 1 spiro atoms. The molecule has 2 saturated carbocycles. The second-order valence-electron chi connectivity index (χ2n) is 6.39. The van der Waals surface area contributed by atoms with Crippen molar-refractivity contribution in [2.45, 2.75) is 81.3 Å². The number of nitrogens with zero attached hydrogens (tertiary/aromatic N) is 1. The molecule has 1 heterocycles. The van der Waals surface area contributed by atoms with Crippen molar-refractivity contribution in [3.8, 4) is 0 Å². The molecule has 1 saturated heterocycles. The third-order valence-electron chi connectivity index (χ3n) is 5.35. The minimum atomic E-state index is -0.182. The molecule has 3 rings (SSSR count). The van der Waals surface area contributed by atoms with Gasteiger partial charge in [0.2, 0.25) is 5.91 Å². The molecule has 3 nitrogen and oxygen atoms in total. The molecule has 1 aliphatic heterocycles. The maximum absolute atomic E-state index is 12.9. The van der Waals surface area contributed by atoms with E-state index in [2.05, 4.69) is 23.4 Å². The van der Waals surface area contributed by atoms with Crippen LogP contribution >= 0.6 is 11.8 Å². The van der Waals surface area contributed by atoms with Crippen molar-refractivity contribution in [1.29, 1.82) is 0 Å². The normalized spacial score (nSPS) is 37.7. The van der Waals surface area contributed by atoms with Crippen LogP contribution in [0.15, 0.2) is 0 Å². The molecular weight excluding hydrogens is 256 g/mol. The number of carbonyl (C=O) groups is 1. The largest absolute Gasteiger partial charge is 0.323 e.